The first-order valence-electron chi connectivity index (χ1n) is 11.1. The Morgan fingerprint density at radius 2 is 1.66 bits per heavy atom. The van der Waals surface area contributed by atoms with Gasteiger partial charge in [-0.2, -0.15) is 5.26 Å². The van der Waals surface area contributed by atoms with E-state index in [1.54, 1.807) is 57.4 Å². The molecule has 0 atom stereocenters. The molecule has 0 N–H and O–H groups in total. The summed E-state index contributed by atoms with van der Waals surface area (Å²) in [4.78, 5) is 24.3. The van der Waals surface area contributed by atoms with Gasteiger partial charge in [-0.05, 0) is 75.2 Å². The van der Waals surface area contributed by atoms with Crippen LogP contribution in [0.2, 0.25) is 0 Å². The van der Waals surface area contributed by atoms with Crippen molar-refractivity contribution in [1.82, 2.24) is 0 Å². The highest BCUT2D eigenvalue weighted by Gasteiger charge is 2.13. The number of nitrogens with zero attached hydrogens (tertiary/aromatic N) is 1. The lowest BCUT2D eigenvalue weighted by Crippen LogP contribution is -2.07. The van der Waals surface area contributed by atoms with Gasteiger partial charge in [0.1, 0.15) is 11.6 Å². The van der Waals surface area contributed by atoms with Crippen LogP contribution in [0.15, 0.2) is 48.0 Å². The summed E-state index contributed by atoms with van der Waals surface area (Å²) in [5.74, 6) is 0.331. The third kappa shape index (κ3) is 8.23. The number of carbonyl (C=O) groups is 2. The molecule has 0 saturated heterocycles. The lowest BCUT2D eigenvalue weighted by Gasteiger charge is -2.13. The minimum atomic E-state index is -0.714. The number of carbonyl (C=O) groups excluding carboxylic acids is 2. The molecule has 0 aromatic heterocycles. The molecule has 0 unspecified atom stereocenters. The van der Waals surface area contributed by atoms with Crippen molar-refractivity contribution >= 4 is 24.1 Å². The van der Waals surface area contributed by atoms with Crippen molar-refractivity contribution in [3.63, 3.8) is 0 Å². The second-order valence-electron chi connectivity index (χ2n) is 7.36. The van der Waals surface area contributed by atoms with Crippen molar-refractivity contribution in [2.75, 3.05) is 20.3 Å². The number of hydrogen-bond donors (Lipinski definition) is 0. The van der Waals surface area contributed by atoms with Crippen molar-refractivity contribution in [1.29, 1.82) is 5.26 Å². The Labute approximate surface area is 205 Å². The molecule has 2 rings (SSSR count). The van der Waals surface area contributed by atoms with Gasteiger partial charge in [-0.3, -0.25) is 0 Å². The largest absolute Gasteiger partial charge is 0.493 e. The van der Waals surface area contributed by atoms with E-state index in [9.17, 15) is 14.9 Å². The molecule has 184 valence electrons. The fourth-order valence-corrected chi connectivity index (χ4v) is 2.93. The van der Waals surface area contributed by atoms with E-state index in [0.29, 0.717) is 29.4 Å². The molecular formula is C27H29NO7. The molecule has 2 aromatic carbocycles. The highest BCUT2D eigenvalue weighted by Crippen LogP contribution is 2.31. The number of ether oxygens (including phenoxy) is 5. The molecule has 0 radical (unpaired) electrons. The standard InChI is InChI=1S/C27H29NO7/c1-6-32-25-16-20(14-21(17-28)27(30)33-7-2)9-12-23(25)35-26(29)13-10-19-8-11-22(34-18(3)4)24(15-19)31-5/h8-16,18H,6-7H2,1-5H3/b13-10+,21-14+. The summed E-state index contributed by atoms with van der Waals surface area (Å²) in [5.41, 5.74) is 1.09. The fraction of sp³-hybridized carbons (Fsp3) is 0.296. The van der Waals surface area contributed by atoms with Crippen LogP contribution >= 0.6 is 0 Å². The summed E-state index contributed by atoms with van der Waals surface area (Å²) in [6, 6.07) is 11.9. The van der Waals surface area contributed by atoms with Crippen LogP contribution in [-0.2, 0) is 14.3 Å². The summed E-state index contributed by atoms with van der Waals surface area (Å²) in [5, 5.41) is 9.23. The maximum atomic E-state index is 12.4. The molecule has 0 aliphatic rings. The van der Waals surface area contributed by atoms with Crippen LogP contribution < -0.4 is 18.9 Å². The van der Waals surface area contributed by atoms with Gasteiger partial charge in [-0.25, -0.2) is 9.59 Å². The second kappa shape index (κ2) is 13.5. The van der Waals surface area contributed by atoms with Crippen molar-refractivity contribution in [3.8, 4) is 29.1 Å². The maximum absolute atomic E-state index is 12.4. The minimum absolute atomic E-state index is 0.00154. The molecule has 0 fully saturated rings. The molecular weight excluding hydrogens is 450 g/mol. The Morgan fingerprint density at radius 1 is 0.971 bits per heavy atom. The Bertz CT molecular complexity index is 1140. The number of benzene rings is 2. The molecule has 35 heavy (non-hydrogen) atoms. The monoisotopic (exact) mass is 479 g/mol. The first-order valence-corrected chi connectivity index (χ1v) is 11.1. The Morgan fingerprint density at radius 3 is 2.29 bits per heavy atom. The first kappa shape index (κ1) is 27.0. The third-order valence-electron chi connectivity index (χ3n) is 4.37. The lowest BCUT2D eigenvalue weighted by atomic mass is 10.1. The van der Waals surface area contributed by atoms with Crippen molar-refractivity contribution < 1.29 is 33.3 Å². The summed E-state index contributed by atoms with van der Waals surface area (Å²) in [6.45, 7) is 7.77. The Kier molecular flexibility index (Phi) is 10.4. The van der Waals surface area contributed by atoms with Crippen LogP contribution in [0, 0.1) is 11.3 Å². The van der Waals surface area contributed by atoms with E-state index in [1.807, 2.05) is 19.9 Å². The van der Waals surface area contributed by atoms with Crippen LogP contribution in [0.3, 0.4) is 0 Å². The summed E-state index contributed by atoms with van der Waals surface area (Å²) >= 11 is 0. The first-order chi connectivity index (χ1) is 16.8. The molecule has 0 heterocycles. The van der Waals surface area contributed by atoms with Crippen molar-refractivity contribution in [2.24, 2.45) is 0 Å². The molecule has 8 heteroatoms. The maximum Gasteiger partial charge on any atom is 0.348 e. The zero-order chi connectivity index (χ0) is 25.8. The van der Waals surface area contributed by atoms with Crippen LogP contribution in [-0.4, -0.2) is 38.4 Å². The van der Waals surface area contributed by atoms with E-state index in [2.05, 4.69) is 0 Å². The summed E-state index contributed by atoms with van der Waals surface area (Å²) in [7, 11) is 1.55. The van der Waals surface area contributed by atoms with Gasteiger partial charge in [0, 0.05) is 6.08 Å². The van der Waals surface area contributed by atoms with E-state index in [4.69, 9.17) is 23.7 Å². The predicted molar refractivity (Wildman–Crippen MR) is 131 cm³/mol. The zero-order valence-corrected chi connectivity index (χ0v) is 20.5. The molecule has 0 bridgehead atoms. The average molecular weight is 480 g/mol. The Hall–Kier alpha value is -4.25. The van der Waals surface area contributed by atoms with Gasteiger partial charge in [0.15, 0.2) is 23.0 Å². The Balaban J connectivity index is 2.20. The molecule has 0 amide bonds. The van der Waals surface area contributed by atoms with Crippen LogP contribution in [0.4, 0.5) is 0 Å². The van der Waals surface area contributed by atoms with Gasteiger partial charge in [-0.15, -0.1) is 0 Å². The van der Waals surface area contributed by atoms with Crippen LogP contribution in [0.1, 0.15) is 38.8 Å². The van der Waals surface area contributed by atoms with Crippen LogP contribution in [0.25, 0.3) is 12.2 Å². The van der Waals surface area contributed by atoms with E-state index in [0.717, 1.165) is 5.56 Å². The van der Waals surface area contributed by atoms with Gasteiger partial charge in [0.05, 0.1) is 26.4 Å². The minimum Gasteiger partial charge on any atom is -0.493 e. The number of rotatable bonds is 11. The van der Waals surface area contributed by atoms with Crippen molar-refractivity contribution in [3.05, 3.63) is 59.2 Å². The van der Waals surface area contributed by atoms with Gasteiger partial charge < -0.3 is 23.7 Å². The molecule has 0 aliphatic carbocycles. The SMILES string of the molecule is CCOC(=O)/C(C#N)=C/c1ccc(OC(=O)/C=C/c2ccc(OC(C)C)c(OC)c2)c(OCC)c1. The number of esters is 2. The second-order valence-corrected chi connectivity index (χ2v) is 7.36. The average Bonchev–Trinajstić information content (AvgIpc) is 2.83. The van der Waals surface area contributed by atoms with Gasteiger partial charge in [0.2, 0.25) is 0 Å². The van der Waals surface area contributed by atoms with Gasteiger partial charge in [-0.1, -0.05) is 12.1 Å². The number of methoxy groups -OCH3 is 1. The van der Waals surface area contributed by atoms with Gasteiger partial charge >= 0.3 is 11.9 Å². The van der Waals surface area contributed by atoms with E-state index >= 15 is 0 Å². The highest BCUT2D eigenvalue weighted by atomic mass is 16.6. The summed E-state index contributed by atoms with van der Waals surface area (Å²) < 4.78 is 26.9. The van der Waals surface area contributed by atoms with Crippen molar-refractivity contribution in [2.45, 2.75) is 33.8 Å². The molecule has 0 saturated carbocycles. The number of nitriles is 1. The fourth-order valence-electron chi connectivity index (χ4n) is 2.93. The molecule has 0 spiro atoms. The lowest BCUT2D eigenvalue weighted by molar-refractivity contribution is -0.138. The zero-order valence-electron chi connectivity index (χ0n) is 20.5. The topological polar surface area (TPSA) is 104 Å². The van der Waals surface area contributed by atoms with E-state index in [-0.39, 0.29) is 24.0 Å². The third-order valence-corrected chi connectivity index (χ3v) is 4.37. The van der Waals surface area contributed by atoms with Crippen LogP contribution in [0.5, 0.6) is 23.0 Å². The van der Waals surface area contributed by atoms with E-state index in [1.165, 1.54) is 18.2 Å². The predicted octanol–water partition coefficient (Wildman–Crippen LogP) is 4.97. The smallest absolute Gasteiger partial charge is 0.348 e. The molecule has 2 aromatic rings. The summed E-state index contributed by atoms with van der Waals surface area (Å²) in [6.07, 6.45) is 4.26. The van der Waals surface area contributed by atoms with Gasteiger partial charge in [0.25, 0.3) is 0 Å². The van der Waals surface area contributed by atoms with E-state index < -0.39 is 11.9 Å². The number of hydrogen-bond acceptors (Lipinski definition) is 8. The molecule has 0 aliphatic heterocycles. The quantitative estimate of drug-likeness (QED) is 0.193. The highest BCUT2D eigenvalue weighted by molar-refractivity contribution is 5.98. The molecule has 8 nitrogen and oxygen atoms in total. The normalized spacial score (nSPS) is 11.2.